The Balaban J connectivity index is 2.36. The van der Waals surface area contributed by atoms with Gasteiger partial charge in [-0.15, -0.1) is 6.58 Å². The number of hydrogen-bond donors (Lipinski definition) is 1. The molecule has 1 aliphatic heterocycles. The van der Waals surface area contributed by atoms with Gasteiger partial charge in [-0.3, -0.25) is 0 Å². The van der Waals surface area contributed by atoms with Crippen molar-refractivity contribution in [2.75, 3.05) is 6.61 Å². The summed E-state index contributed by atoms with van der Waals surface area (Å²) < 4.78 is 5.63. The smallest absolute Gasteiger partial charge is 0.0649 e. The van der Waals surface area contributed by atoms with Crippen LogP contribution in [0.1, 0.15) is 26.7 Å². The Hall–Kier alpha value is -0.340. The molecule has 76 valence electrons. The molecule has 1 saturated heterocycles. The molecule has 13 heavy (non-hydrogen) atoms. The van der Waals surface area contributed by atoms with Crippen molar-refractivity contribution in [3.63, 3.8) is 0 Å². The zero-order valence-electron chi connectivity index (χ0n) is 8.57. The minimum atomic E-state index is -0.255. The van der Waals surface area contributed by atoms with Crippen LogP contribution in [0.2, 0.25) is 0 Å². The van der Waals surface area contributed by atoms with E-state index in [0.29, 0.717) is 12.5 Å². The molecule has 0 amide bonds. The van der Waals surface area contributed by atoms with Gasteiger partial charge in [0, 0.05) is 12.3 Å². The number of ether oxygens (including phenoxy) is 1. The second kappa shape index (κ2) is 4.77. The number of aliphatic hydroxyl groups is 1. The lowest BCUT2D eigenvalue weighted by Gasteiger charge is -2.32. The van der Waals surface area contributed by atoms with Crippen molar-refractivity contribution < 1.29 is 9.84 Å². The molecule has 0 aromatic rings. The van der Waals surface area contributed by atoms with Crippen LogP contribution in [-0.2, 0) is 4.74 Å². The first-order valence-corrected chi connectivity index (χ1v) is 5.05. The summed E-state index contributed by atoms with van der Waals surface area (Å²) in [5, 5.41) is 9.70. The molecule has 0 saturated carbocycles. The van der Waals surface area contributed by atoms with E-state index in [1.807, 2.05) is 0 Å². The van der Waals surface area contributed by atoms with Crippen LogP contribution in [0.4, 0.5) is 0 Å². The van der Waals surface area contributed by atoms with Gasteiger partial charge in [0.05, 0.1) is 18.8 Å². The second-order valence-electron chi connectivity index (χ2n) is 4.29. The maximum absolute atomic E-state index is 9.70. The van der Waals surface area contributed by atoms with Gasteiger partial charge in [-0.2, -0.15) is 0 Å². The first-order chi connectivity index (χ1) is 6.13. The Morgan fingerprint density at radius 3 is 2.77 bits per heavy atom. The fourth-order valence-electron chi connectivity index (χ4n) is 1.79. The third-order valence-electron chi connectivity index (χ3n) is 2.56. The lowest BCUT2D eigenvalue weighted by atomic mass is 9.91. The molecule has 1 N–H and O–H groups in total. The van der Waals surface area contributed by atoms with E-state index < -0.39 is 0 Å². The third-order valence-corrected chi connectivity index (χ3v) is 2.56. The predicted octanol–water partition coefficient (Wildman–Crippen LogP) is 1.98. The number of rotatable bonds is 3. The SMILES string of the molecule is C=C[C@@H]1CO[C@@H](CC(C)C)C[C@@H]1O. The Morgan fingerprint density at radius 1 is 1.62 bits per heavy atom. The largest absolute Gasteiger partial charge is 0.392 e. The first-order valence-electron chi connectivity index (χ1n) is 5.05. The van der Waals surface area contributed by atoms with E-state index in [9.17, 15) is 5.11 Å². The molecule has 0 bridgehead atoms. The first kappa shape index (κ1) is 10.7. The van der Waals surface area contributed by atoms with Crippen molar-refractivity contribution >= 4 is 0 Å². The van der Waals surface area contributed by atoms with Crippen molar-refractivity contribution in [1.29, 1.82) is 0 Å². The molecule has 3 atom stereocenters. The van der Waals surface area contributed by atoms with Gasteiger partial charge in [0.15, 0.2) is 0 Å². The summed E-state index contributed by atoms with van der Waals surface area (Å²) in [5.74, 6) is 0.765. The highest BCUT2D eigenvalue weighted by atomic mass is 16.5. The zero-order chi connectivity index (χ0) is 9.84. The Morgan fingerprint density at radius 2 is 2.31 bits per heavy atom. The maximum Gasteiger partial charge on any atom is 0.0649 e. The predicted molar refractivity (Wildman–Crippen MR) is 53.5 cm³/mol. The standard InChI is InChI=1S/C11H20O2/c1-4-9-7-13-10(5-8(2)3)6-11(9)12/h4,8-12H,1,5-7H2,2-3H3/t9-,10+,11+/m1/s1. The van der Waals surface area contributed by atoms with Crippen molar-refractivity contribution in [3.05, 3.63) is 12.7 Å². The molecule has 1 rings (SSSR count). The van der Waals surface area contributed by atoms with Crippen LogP contribution in [-0.4, -0.2) is 23.9 Å². The summed E-state index contributed by atoms with van der Waals surface area (Å²) >= 11 is 0. The monoisotopic (exact) mass is 184 g/mol. The fraction of sp³-hybridized carbons (Fsp3) is 0.818. The van der Waals surface area contributed by atoms with Crippen LogP contribution >= 0.6 is 0 Å². The molecule has 2 heteroatoms. The normalized spacial score (nSPS) is 34.9. The van der Waals surface area contributed by atoms with E-state index in [2.05, 4.69) is 20.4 Å². The number of aliphatic hydroxyl groups excluding tert-OH is 1. The highest BCUT2D eigenvalue weighted by molar-refractivity contribution is 4.89. The van der Waals surface area contributed by atoms with Gasteiger partial charge in [0.1, 0.15) is 0 Å². The minimum Gasteiger partial charge on any atom is -0.392 e. The van der Waals surface area contributed by atoms with Crippen LogP contribution in [0.15, 0.2) is 12.7 Å². The van der Waals surface area contributed by atoms with Gasteiger partial charge in [-0.05, 0) is 12.3 Å². The topological polar surface area (TPSA) is 29.5 Å². The van der Waals surface area contributed by atoms with Crippen LogP contribution in [0.25, 0.3) is 0 Å². The van der Waals surface area contributed by atoms with Crippen molar-refractivity contribution in [2.45, 2.75) is 38.9 Å². The molecule has 1 heterocycles. The molecule has 0 aliphatic carbocycles. The molecular weight excluding hydrogens is 164 g/mol. The van der Waals surface area contributed by atoms with Crippen molar-refractivity contribution in [1.82, 2.24) is 0 Å². The van der Waals surface area contributed by atoms with E-state index in [1.54, 1.807) is 6.08 Å². The minimum absolute atomic E-state index is 0.128. The molecular formula is C11H20O2. The Kier molecular flexibility index (Phi) is 3.94. The van der Waals surface area contributed by atoms with Crippen molar-refractivity contribution in [3.8, 4) is 0 Å². The molecule has 0 unspecified atom stereocenters. The van der Waals surface area contributed by atoms with E-state index in [1.165, 1.54) is 0 Å². The van der Waals surface area contributed by atoms with Gasteiger partial charge in [0.25, 0.3) is 0 Å². The van der Waals surface area contributed by atoms with Crippen LogP contribution in [0, 0.1) is 11.8 Å². The summed E-state index contributed by atoms with van der Waals surface area (Å²) in [6.07, 6.45) is 3.58. The maximum atomic E-state index is 9.70. The lowest BCUT2D eigenvalue weighted by Crippen LogP contribution is -2.36. The van der Waals surface area contributed by atoms with E-state index in [0.717, 1.165) is 12.8 Å². The zero-order valence-corrected chi connectivity index (χ0v) is 8.57. The van der Waals surface area contributed by atoms with E-state index in [-0.39, 0.29) is 18.1 Å². The average Bonchev–Trinajstić information content (AvgIpc) is 2.03. The second-order valence-corrected chi connectivity index (χ2v) is 4.29. The summed E-state index contributed by atoms with van der Waals surface area (Å²) in [5.41, 5.74) is 0. The van der Waals surface area contributed by atoms with Gasteiger partial charge in [-0.1, -0.05) is 19.9 Å². The Labute approximate surface area is 80.6 Å². The van der Waals surface area contributed by atoms with Gasteiger partial charge in [0.2, 0.25) is 0 Å². The summed E-state index contributed by atoms with van der Waals surface area (Å²) in [6, 6.07) is 0. The molecule has 0 aromatic heterocycles. The number of hydrogen-bond acceptors (Lipinski definition) is 2. The van der Waals surface area contributed by atoms with Crippen LogP contribution in [0.3, 0.4) is 0 Å². The third kappa shape index (κ3) is 3.12. The highest BCUT2D eigenvalue weighted by Gasteiger charge is 2.27. The van der Waals surface area contributed by atoms with Crippen LogP contribution < -0.4 is 0 Å². The average molecular weight is 184 g/mol. The van der Waals surface area contributed by atoms with Crippen molar-refractivity contribution in [2.24, 2.45) is 11.8 Å². The molecule has 0 radical (unpaired) electrons. The molecule has 0 aromatic carbocycles. The Bertz CT molecular complexity index is 165. The molecule has 2 nitrogen and oxygen atoms in total. The molecule has 1 aliphatic rings. The molecule has 1 fully saturated rings. The summed E-state index contributed by atoms with van der Waals surface area (Å²) in [4.78, 5) is 0. The molecule has 0 spiro atoms. The van der Waals surface area contributed by atoms with Gasteiger partial charge >= 0.3 is 0 Å². The fourth-order valence-corrected chi connectivity index (χ4v) is 1.79. The van der Waals surface area contributed by atoms with Crippen LogP contribution in [0.5, 0.6) is 0 Å². The quantitative estimate of drug-likeness (QED) is 0.680. The lowest BCUT2D eigenvalue weighted by molar-refractivity contribution is -0.0751. The van der Waals surface area contributed by atoms with E-state index >= 15 is 0 Å². The summed E-state index contributed by atoms with van der Waals surface area (Å²) in [7, 11) is 0. The summed E-state index contributed by atoms with van der Waals surface area (Å²) in [6.45, 7) is 8.66. The van der Waals surface area contributed by atoms with E-state index in [4.69, 9.17) is 4.74 Å². The van der Waals surface area contributed by atoms with Gasteiger partial charge < -0.3 is 9.84 Å². The highest BCUT2D eigenvalue weighted by Crippen LogP contribution is 2.24. The van der Waals surface area contributed by atoms with Gasteiger partial charge in [-0.25, -0.2) is 0 Å².